The minimum absolute atomic E-state index is 0.0127. The third-order valence-corrected chi connectivity index (χ3v) is 3.15. The number of hydrogen-bond donors (Lipinski definition) is 1. The number of aromatic amines is 1. The summed E-state index contributed by atoms with van der Waals surface area (Å²) < 4.78 is 14.5. The first kappa shape index (κ1) is 14.2. The molecule has 1 aromatic carbocycles. The Morgan fingerprint density at radius 2 is 1.75 bits per heavy atom. The van der Waals surface area contributed by atoms with Crippen molar-refractivity contribution in [3.05, 3.63) is 28.4 Å². The van der Waals surface area contributed by atoms with E-state index in [2.05, 4.69) is 9.72 Å². The third-order valence-electron chi connectivity index (χ3n) is 2.85. The molecule has 6 nitrogen and oxygen atoms in total. The van der Waals surface area contributed by atoms with E-state index < -0.39 is 11.9 Å². The minimum Gasteiger partial charge on any atom is -0.495 e. The van der Waals surface area contributed by atoms with Gasteiger partial charge in [-0.3, -0.25) is 0 Å². The summed E-state index contributed by atoms with van der Waals surface area (Å²) in [5, 5.41) is 0.826. The van der Waals surface area contributed by atoms with Crippen molar-refractivity contribution >= 4 is 34.4 Å². The Balaban J connectivity index is 2.80. The van der Waals surface area contributed by atoms with Crippen molar-refractivity contribution < 1.29 is 23.8 Å². The van der Waals surface area contributed by atoms with Crippen LogP contribution < -0.4 is 4.74 Å². The van der Waals surface area contributed by atoms with Crippen molar-refractivity contribution in [2.45, 2.75) is 0 Å². The number of carbonyl (C=O) groups is 2. The van der Waals surface area contributed by atoms with E-state index in [0.29, 0.717) is 21.7 Å². The summed E-state index contributed by atoms with van der Waals surface area (Å²) in [6.07, 6.45) is 0. The Hall–Kier alpha value is -2.21. The normalized spacial score (nSPS) is 10.4. The molecule has 1 N–H and O–H groups in total. The van der Waals surface area contributed by atoms with Gasteiger partial charge in [0.05, 0.1) is 31.9 Å². The summed E-state index contributed by atoms with van der Waals surface area (Å²) in [7, 11) is 3.91. The van der Waals surface area contributed by atoms with Crippen LogP contribution in [-0.2, 0) is 9.47 Å². The van der Waals surface area contributed by atoms with Crippen molar-refractivity contribution in [1.29, 1.82) is 0 Å². The van der Waals surface area contributed by atoms with Gasteiger partial charge in [0.1, 0.15) is 11.4 Å². The van der Waals surface area contributed by atoms with E-state index in [4.69, 9.17) is 21.1 Å². The summed E-state index contributed by atoms with van der Waals surface area (Å²) in [5.41, 5.74) is 0.611. The van der Waals surface area contributed by atoms with Crippen LogP contribution in [0.2, 0.25) is 5.02 Å². The number of fused-ring (bicyclic) bond motifs is 1. The lowest BCUT2D eigenvalue weighted by Gasteiger charge is -2.04. The second-order valence-electron chi connectivity index (χ2n) is 3.89. The monoisotopic (exact) mass is 297 g/mol. The maximum Gasteiger partial charge on any atom is 0.355 e. The fourth-order valence-electron chi connectivity index (χ4n) is 1.92. The van der Waals surface area contributed by atoms with Crippen molar-refractivity contribution in [2.24, 2.45) is 0 Å². The van der Waals surface area contributed by atoms with Crippen LogP contribution in [0.5, 0.6) is 5.75 Å². The highest BCUT2D eigenvalue weighted by Crippen LogP contribution is 2.33. The zero-order valence-electron chi connectivity index (χ0n) is 11.1. The molecular weight excluding hydrogens is 286 g/mol. The van der Waals surface area contributed by atoms with Crippen LogP contribution in [-0.4, -0.2) is 38.3 Å². The number of ether oxygens (including phenoxy) is 3. The summed E-state index contributed by atoms with van der Waals surface area (Å²) in [6, 6.07) is 3.13. The second kappa shape index (κ2) is 5.42. The highest BCUT2D eigenvalue weighted by Gasteiger charge is 2.25. The summed E-state index contributed by atoms with van der Waals surface area (Å²) in [6.45, 7) is 0. The van der Waals surface area contributed by atoms with Crippen LogP contribution >= 0.6 is 11.6 Å². The van der Waals surface area contributed by atoms with Crippen LogP contribution in [0.25, 0.3) is 10.9 Å². The largest absolute Gasteiger partial charge is 0.495 e. The Morgan fingerprint density at radius 3 is 2.30 bits per heavy atom. The predicted molar refractivity (Wildman–Crippen MR) is 72.5 cm³/mol. The van der Waals surface area contributed by atoms with Crippen LogP contribution in [0.1, 0.15) is 20.8 Å². The highest BCUT2D eigenvalue weighted by molar-refractivity contribution is 6.33. The molecule has 0 unspecified atom stereocenters. The van der Waals surface area contributed by atoms with Gasteiger partial charge in [0.25, 0.3) is 0 Å². The number of methoxy groups -OCH3 is 3. The topological polar surface area (TPSA) is 77.6 Å². The van der Waals surface area contributed by atoms with Crippen molar-refractivity contribution in [2.75, 3.05) is 21.3 Å². The molecule has 20 heavy (non-hydrogen) atoms. The van der Waals surface area contributed by atoms with Gasteiger partial charge in [-0.1, -0.05) is 11.6 Å². The lowest BCUT2D eigenvalue weighted by molar-refractivity contribution is 0.0553. The Morgan fingerprint density at radius 1 is 1.10 bits per heavy atom. The number of carbonyl (C=O) groups excluding carboxylic acids is 2. The van der Waals surface area contributed by atoms with E-state index in [1.165, 1.54) is 21.3 Å². The number of nitrogens with one attached hydrogen (secondary N) is 1. The van der Waals surface area contributed by atoms with Gasteiger partial charge >= 0.3 is 11.9 Å². The number of halogens is 1. The van der Waals surface area contributed by atoms with Crippen molar-refractivity contribution in [3.8, 4) is 5.75 Å². The Bertz CT molecular complexity index is 692. The number of aromatic nitrogens is 1. The molecule has 2 aromatic rings. The molecule has 0 spiro atoms. The van der Waals surface area contributed by atoms with Gasteiger partial charge in [0.2, 0.25) is 0 Å². The summed E-state index contributed by atoms with van der Waals surface area (Å²) in [5.74, 6) is -0.933. The van der Waals surface area contributed by atoms with Gasteiger partial charge in [0, 0.05) is 10.9 Å². The average molecular weight is 298 g/mol. The molecule has 0 saturated carbocycles. The lowest BCUT2D eigenvalue weighted by atomic mass is 10.1. The molecule has 1 aromatic heterocycles. The molecule has 1 heterocycles. The van der Waals surface area contributed by atoms with Crippen molar-refractivity contribution in [3.63, 3.8) is 0 Å². The summed E-state index contributed by atoms with van der Waals surface area (Å²) in [4.78, 5) is 26.4. The van der Waals surface area contributed by atoms with Crippen LogP contribution in [0, 0.1) is 0 Å². The molecule has 2 rings (SSSR count). The predicted octanol–water partition coefficient (Wildman–Crippen LogP) is 2.40. The van der Waals surface area contributed by atoms with E-state index in [0.717, 1.165) is 0 Å². The van der Waals surface area contributed by atoms with Crippen LogP contribution in [0.3, 0.4) is 0 Å². The van der Waals surface area contributed by atoms with E-state index in [1.54, 1.807) is 12.1 Å². The number of benzene rings is 1. The molecule has 0 aliphatic rings. The molecule has 0 atom stereocenters. The highest BCUT2D eigenvalue weighted by atomic mass is 35.5. The first-order chi connectivity index (χ1) is 9.53. The number of H-pyrrole nitrogens is 1. The van der Waals surface area contributed by atoms with Gasteiger partial charge in [-0.05, 0) is 12.1 Å². The summed E-state index contributed by atoms with van der Waals surface area (Å²) >= 11 is 6.01. The molecule has 106 valence electrons. The molecule has 0 bridgehead atoms. The zero-order chi connectivity index (χ0) is 14.9. The molecule has 0 radical (unpaired) electrons. The third kappa shape index (κ3) is 2.18. The number of esters is 2. The second-order valence-corrected chi connectivity index (χ2v) is 4.30. The van der Waals surface area contributed by atoms with E-state index in [-0.39, 0.29) is 11.3 Å². The number of hydrogen-bond acceptors (Lipinski definition) is 5. The van der Waals surface area contributed by atoms with Gasteiger partial charge < -0.3 is 19.2 Å². The molecule has 7 heteroatoms. The molecule has 0 fully saturated rings. The molecule has 0 amide bonds. The maximum atomic E-state index is 11.9. The van der Waals surface area contributed by atoms with Crippen LogP contribution in [0.4, 0.5) is 0 Å². The molecular formula is C13H12ClNO5. The average Bonchev–Trinajstić information content (AvgIpc) is 2.82. The van der Waals surface area contributed by atoms with Gasteiger partial charge in [0.15, 0.2) is 0 Å². The van der Waals surface area contributed by atoms with Gasteiger partial charge in [-0.15, -0.1) is 0 Å². The fraction of sp³-hybridized carbons (Fsp3) is 0.231. The van der Waals surface area contributed by atoms with Gasteiger partial charge in [-0.2, -0.15) is 0 Å². The Labute approximate surface area is 119 Å². The van der Waals surface area contributed by atoms with E-state index in [9.17, 15) is 9.59 Å². The Kier molecular flexibility index (Phi) is 3.85. The standard InChI is InChI=1S/C13H12ClNO5/c1-18-9-4-6-8(5-7(9)14)15-11(13(17)20-3)10(6)12(16)19-2/h4-5,15H,1-3H3. The van der Waals surface area contributed by atoms with Crippen LogP contribution in [0.15, 0.2) is 12.1 Å². The quantitative estimate of drug-likeness (QED) is 0.880. The van der Waals surface area contributed by atoms with Gasteiger partial charge in [-0.25, -0.2) is 9.59 Å². The van der Waals surface area contributed by atoms with E-state index >= 15 is 0 Å². The van der Waals surface area contributed by atoms with Crippen molar-refractivity contribution in [1.82, 2.24) is 4.98 Å². The molecule has 0 aliphatic carbocycles. The fourth-order valence-corrected chi connectivity index (χ4v) is 2.16. The van der Waals surface area contributed by atoms with E-state index in [1.807, 2.05) is 0 Å². The lowest BCUT2D eigenvalue weighted by Crippen LogP contribution is -2.10. The maximum absolute atomic E-state index is 11.9. The SMILES string of the molecule is COC(=O)c1[nH]c2cc(Cl)c(OC)cc2c1C(=O)OC. The molecule has 0 aliphatic heterocycles. The number of rotatable bonds is 3. The molecule has 0 saturated heterocycles. The first-order valence-corrected chi connectivity index (χ1v) is 5.97. The first-order valence-electron chi connectivity index (χ1n) is 5.59. The minimum atomic E-state index is -0.670. The zero-order valence-corrected chi connectivity index (χ0v) is 11.8. The smallest absolute Gasteiger partial charge is 0.355 e.